The number of nitrogens with two attached hydrogens (primary N) is 1. The van der Waals surface area contributed by atoms with Gasteiger partial charge in [-0.25, -0.2) is 4.98 Å². The van der Waals surface area contributed by atoms with Gasteiger partial charge < -0.3 is 5.73 Å². The Bertz CT molecular complexity index is 1080. The number of benzene rings is 2. The van der Waals surface area contributed by atoms with E-state index in [1.807, 2.05) is 35.2 Å². The number of aromatic nitrogens is 1. The predicted octanol–water partition coefficient (Wildman–Crippen LogP) is 3.40. The van der Waals surface area contributed by atoms with E-state index in [0.29, 0.717) is 24.6 Å². The molecule has 1 atom stereocenters. The molecule has 1 aromatic heterocycles. The Labute approximate surface area is 180 Å². The molecule has 2 aromatic carbocycles. The second-order valence-electron chi connectivity index (χ2n) is 7.85. The highest BCUT2D eigenvalue weighted by Gasteiger charge is 2.32. The van der Waals surface area contributed by atoms with Crippen LogP contribution in [-0.2, 0) is 16.1 Å². The average Bonchev–Trinajstić information content (AvgIpc) is 3.37. The summed E-state index contributed by atoms with van der Waals surface area (Å²) in [4.78, 5) is 33.6. The Morgan fingerprint density at radius 3 is 2.70 bits per heavy atom. The van der Waals surface area contributed by atoms with Gasteiger partial charge in [0.25, 0.3) is 0 Å². The van der Waals surface area contributed by atoms with Gasteiger partial charge in [0.05, 0.1) is 29.3 Å². The van der Waals surface area contributed by atoms with Crippen LogP contribution in [0.15, 0.2) is 42.5 Å². The summed E-state index contributed by atoms with van der Waals surface area (Å²) in [5, 5.41) is 0.683. The van der Waals surface area contributed by atoms with Crippen LogP contribution in [0.2, 0.25) is 0 Å². The minimum atomic E-state index is -0.368. The topological polar surface area (TPSA) is 79.5 Å². The first-order valence-corrected chi connectivity index (χ1v) is 11.0. The van der Waals surface area contributed by atoms with Crippen molar-refractivity contribution in [1.82, 2.24) is 9.88 Å². The van der Waals surface area contributed by atoms with Crippen molar-refractivity contribution in [3.63, 3.8) is 0 Å². The zero-order valence-electron chi connectivity index (χ0n) is 17.3. The third kappa shape index (κ3) is 4.08. The van der Waals surface area contributed by atoms with Crippen LogP contribution in [-0.4, -0.2) is 40.8 Å². The van der Waals surface area contributed by atoms with Gasteiger partial charge in [0, 0.05) is 0 Å². The molecule has 0 saturated carbocycles. The molecule has 1 fully saturated rings. The van der Waals surface area contributed by atoms with E-state index < -0.39 is 0 Å². The molecule has 1 unspecified atom stereocenters. The summed E-state index contributed by atoms with van der Waals surface area (Å²) in [6.45, 7) is 5.43. The first-order valence-electron chi connectivity index (χ1n) is 10.2. The first kappa shape index (κ1) is 20.5. The van der Waals surface area contributed by atoms with Crippen LogP contribution >= 0.6 is 11.3 Å². The molecule has 1 aliphatic heterocycles. The molecule has 7 heteroatoms. The largest absolute Gasteiger partial charge is 0.368 e. The number of aryl methyl sites for hydroxylation is 2. The molecule has 0 spiro atoms. The highest BCUT2D eigenvalue weighted by atomic mass is 32.1. The molecule has 30 heavy (non-hydrogen) atoms. The molecule has 2 N–H and O–H groups in total. The fourth-order valence-electron chi connectivity index (χ4n) is 3.95. The van der Waals surface area contributed by atoms with Crippen molar-refractivity contribution in [2.24, 2.45) is 5.73 Å². The fraction of sp³-hybridized carbons (Fsp3) is 0.348. The minimum Gasteiger partial charge on any atom is -0.368 e. The Morgan fingerprint density at radius 1 is 1.20 bits per heavy atom. The molecule has 0 aliphatic carbocycles. The Kier molecular flexibility index (Phi) is 5.83. The van der Waals surface area contributed by atoms with Crippen molar-refractivity contribution in [3.05, 3.63) is 59.2 Å². The van der Waals surface area contributed by atoms with Gasteiger partial charge in [-0.3, -0.25) is 19.4 Å². The third-order valence-corrected chi connectivity index (χ3v) is 6.86. The van der Waals surface area contributed by atoms with E-state index in [1.54, 1.807) is 4.90 Å². The molecule has 1 saturated heterocycles. The summed E-state index contributed by atoms with van der Waals surface area (Å²) in [6.07, 6.45) is 1.58. The van der Waals surface area contributed by atoms with Crippen LogP contribution < -0.4 is 10.6 Å². The molecule has 4 rings (SSSR count). The van der Waals surface area contributed by atoms with E-state index in [-0.39, 0.29) is 24.4 Å². The van der Waals surface area contributed by atoms with Gasteiger partial charge in [0.1, 0.15) is 0 Å². The van der Waals surface area contributed by atoms with Crippen LogP contribution in [0.1, 0.15) is 29.5 Å². The lowest BCUT2D eigenvalue weighted by Gasteiger charge is -2.26. The number of nitrogens with zero attached hydrogens (tertiary/aromatic N) is 3. The summed E-state index contributed by atoms with van der Waals surface area (Å²) >= 11 is 1.52. The molecule has 6 nitrogen and oxygen atoms in total. The first-order chi connectivity index (χ1) is 14.4. The van der Waals surface area contributed by atoms with Gasteiger partial charge >= 0.3 is 0 Å². The van der Waals surface area contributed by atoms with Crippen LogP contribution in [0.5, 0.6) is 0 Å². The van der Waals surface area contributed by atoms with E-state index in [4.69, 9.17) is 10.7 Å². The quantitative estimate of drug-likeness (QED) is 0.660. The molecular weight excluding hydrogens is 396 g/mol. The third-order valence-electron chi connectivity index (χ3n) is 5.82. The summed E-state index contributed by atoms with van der Waals surface area (Å²) in [5.41, 5.74) is 9.83. The molecule has 1 aliphatic rings. The SMILES string of the molecule is Cc1ccc2sc(N(Cc3ccccc3)C(=O)CN3CCCC3C(N)=O)nc2c1C. The van der Waals surface area contributed by atoms with Crippen molar-refractivity contribution < 1.29 is 9.59 Å². The summed E-state index contributed by atoms with van der Waals surface area (Å²) in [6, 6.07) is 13.7. The normalized spacial score (nSPS) is 16.8. The monoisotopic (exact) mass is 422 g/mol. The maximum absolute atomic E-state index is 13.4. The molecule has 0 bridgehead atoms. The molecule has 0 radical (unpaired) electrons. The minimum absolute atomic E-state index is 0.0690. The molecule has 3 aromatic rings. The van der Waals surface area contributed by atoms with Crippen molar-refractivity contribution in [2.75, 3.05) is 18.0 Å². The number of rotatable bonds is 6. The number of hydrogen-bond acceptors (Lipinski definition) is 5. The number of amides is 2. The second kappa shape index (κ2) is 8.53. The molecule has 156 valence electrons. The summed E-state index contributed by atoms with van der Waals surface area (Å²) < 4.78 is 1.06. The van der Waals surface area contributed by atoms with Crippen LogP contribution in [0.3, 0.4) is 0 Å². The smallest absolute Gasteiger partial charge is 0.243 e. The Hall–Kier alpha value is -2.77. The summed E-state index contributed by atoms with van der Waals surface area (Å²) in [5.74, 6) is -0.429. The predicted molar refractivity (Wildman–Crippen MR) is 121 cm³/mol. The van der Waals surface area contributed by atoms with Gasteiger partial charge in [-0.2, -0.15) is 0 Å². The lowest BCUT2D eigenvalue weighted by molar-refractivity contribution is -0.124. The number of primary amides is 1. The highest BCUT2D eigenvalue weighted by molar-refractivity contribution is 7.22. The van der Waals surface area contributed by atoms with Gasteiger partial charge in [-0.05, 0) is 56.0 Å². The fourth-order valence-corrected chi connectivity index (χ4v) is 5.00. The van der Waals surface area contributed by atoms with E-state index in [1.165, 1.54) is 16.9 Å². The molecular formula is C23H26N4O2S. The van der Waals surface area contributed by atoms with Crippen LogP contribution in [0.25, 0.3) is 10.2 Å². The van der Waals surface area contributed by atoms with E-state index in [2.05, 4.69) is 26.0 Å². The second-order valence-corrected chi connectivity index (χ2v) is 8.86. The zero-order chi connectivity index (χ0) is 21.3. The maximum Gasteiger partial charge on any atom is 0.243 e. The van der Waals surface area contributed by atoms with Crippen LogP contribution in [0, 0.1) is 13.8 Å². The van der Waals surface area contributed by atoms with Gasteiger partial charge in [0.2, 0.25) is 11.8 Å². The zero-order valence-corrected chi connectivity index (χ0v) is 18.1. The van der Waals surface area contributed by atoms with E-state index >= 15 is 0 Å². The van der Waals surface area contributed by atoms with Gasteiger partial charge in [-0.1, -0.05) is 47.7 Å². The Balaban J connectivity index is 1.67. The lowest BCUT2D eigenvalue weighted by Crippen LogP contribution is -2.46. The van der Waals surface area contributed by atoms with Crippen molar-refractivity contribution in [3.8, 4) is 0 Å². The number of carbonyl (C=O) groups excluding carboxylic acids is 2. The number of likely N-dealkylation sites (tertiary alicyclic amines) is 1. The van der Waals surface area contributed by atoms with Crippen molar-refractivity contribution in [2.45, 2.75) is 39.3 Å². The number of anilines is 1. The van der Waals surface area contributed by atoms with Crippen molar-refractivity contribution in [1.29, 1.82) is 0 Å². The van der Waals surface area contributed by atoms with Crippen LogP contribution in [0.4, 0.5) is 5.13 Å². The maximum atomic E-state index is 13.4. The van der Waals surface area contributed by atoms with Gasteiger partial charge in [-0.15, -0.1) is 0 Å². The van der Waals surface area contributed by atoms with E-state index in [0.717, 1.165) is 27.8 Å². The molecule has 2 amide bonds. The van der Waals surface area contributed by atoms with Crippen molar-refractivity contribution >= 4 is 38.5 Å². The molecule has 2 heterocycles. The van der Waals surface area contributed by atoms with E-state index in [9.17, 15) is 9.59 Å². The number of fused-ring (bicyclic) bond motifs is 1. The Morgan fingerprint density at radius 2 is 1.97 bits per heavy atom. The number of carbonyl (C=O) groups is 2. The summed E-state index contributed by atoms with van der Waals surface area (Å²) in [7, 11) is 0. The standard InChI is InChI=1S/C23H26N4O2S/c1-15-10-11-19-21(16(15)2)25-23(30-19)27(13-17-7-4-3-5-8-17)20(28)14-26-12-6-9-18(26)22(24)29/h3-5,7-8,10-11,18H,6,9,12-14H2,1-2H3,(H2,24,29). The number of hydrogen-bond donors (Lipinski definition) is 1. The average molecular weight is 423 g/mol. The lowest BCUT2D eigenvalue weighted by atomic mass is 10.1. The van der Waals surface area contributed by atoms with Gasteiger partial charge in [0.15, 0.2) is 5.13 Å². The highest BCUT2D eigenvalue weighted by Crippen LogP contribution is 2.33. The number of thiazole rings is 1.